The lowest BCUT2D eigenvalue weighted by Gasteiger charge is -2.23. The van der Waals surface area contributed by atoms with E-state index in [-0.39, 0.29) is 12.0 Å². The summed E-state index contributed by atoms with van der Waals surface area (Å²) in [5.74, 6) is 0. The minimum absolute atomic E-state index is 0.0432. The first-order valence-corrected chi connectivity index (χ1v) is 21.0. The van der Waals surface area contributed by atoms with E-state index in [1.54, 1.807) is 0 Å². The van der Waals surface area contributed by atoms with Crippen LogP contribution in [-0.2, 0) is 35.0 Å². The van der Waals surface area contributed by atoms with Crippen molar-refractivity contribution >= 4 is 39.5 Å². The Morgan fingerprint density at radius 3 is 1.02 bits per heavy atom. The molecule has 0 saturated heterocycles. The Hall–Kier alpha value is -0.580. The van der Waals surface area contributed by atoms with Crippen LogP contribution >= 0.6 is 21.4 Å². The Labute approximate surface area is 272 Å². The minimum Gasteiger partial charge on any atom is -0.205 e. The highest BCUT2D eigenvalue weighted by atomic mass is 35.7. The fraction of sp³-hybridized carbons (Fsp3) is 0.812. The molecule has 12 heteroatoms. The third-order valence-electron chi connectivity index (χ3n) is 8.28. The van der Waals surface area contributed by atoms with Crippen LogP contribution in [0.4, 0.5) is 17.6 Å². The summed E-state index contributed by atoms with van der Waals surface area (Å²) >= 11 is 0. The van der Waals surface area contributed by atoms with E-state index in [9.17, 15) is 34.4 Å². The smallest absolute Gasteiger partial charge is 0.205 e. The third kappa shape index (κ3) is 14.5. The SMILES string of the molecule is CCCCCCCCCCCCCCCCCCCCCCCc1cc(C(F)(F)S(=O)(=O)Cl)c(C)c(C(F)(F)S(=O)(=O)Cl)c1. The van der Waals surface area contributed by atoms with Gasteiger partial charge in [-0.05, 0) is 43.0 Å². The summed E-state index contributed by atoms with van der Waals surface area (Å²) in [6.07, 6.45) is 25.3. The molecule has 0 aliphatic carbocycles. The van der Waals surface area contributed by atoms with Crippen molar-refractivity contribution in [1.29, 1.82) is 0 Å². The summed E-state index contributed by atoms with van der Waals surface area (Å²) < 4.78 is 104. The number of hydrogen-bond acceptors (Lipinski definition) is 4. The summed E-state index contributed by atoms with van der Waals surface area (Å²) in [7, 11) is -1.27. The maximum absolute atomic E-state index is 14.6. The molecule has 0 atom stereocenters. The number of aryl methyl sites for hydroxylation is 1. The summed E-state index contributed by atoms with van der Waals surface area (Å²) in [6.45, 7) is 3.04. The summed E-state index contributed by atoms with van der Waals surface area (Å²) in [5, 5.41) is -9.41. The zero-order chi connectivity index (χ0) is 33.3. The molecule has 0 aliphatic heterocycles. The van der Waals surface area contributed by atoms with Crippen molar-refractivity contribution in [2.75, 3.05) is 0 Å². The lowest BCUT2D eigenvalue weighted by Crippen LogP contribution is -2.28. The van der Waals surface area contributed by atoms with E-state index in [0.29, 0.717) is 12.8 Å². The average Bonchev–Trinajstić information content (AvgIpc) is 2.93. The van der Waals surface area contributed by atoms with E-state index in [0.717, 1.165) is 44.7 Å². The van der Waals surface area contributed by atoms with Crippen LogP contribution in [0.3, 0.4) is 0 Å². The van der Waals surface area contributed by atoms with Crippen molar-refractivity contribution in [2.24, 2.45) is 0 Å². The molecule has 258 valence electrons. The average molecular weight is 712 g/mol. The summed E-state index contributed by atoms with van der Waals surface area (Å²) in [5.41, 5.74) is -3.53. The van der Waals surface area contributed by atoms with Gasteiger partial charge in [-0.25, -0.2) is 16.8 Å². The fourth-order valence-corrected chi connectivity index (χ4v) is 6.99. The Balaban J connectivity index is 2.33. The molecule has 0 spiro atoms. The molecule has 0 aliphatic rings. The van der Waals surface area contributed by atoms with Crippen molar-refractivity contribution in [1.82, 2.24) is 0 Å². The Morgan fingerprint density at radius 1 is 0.523 bits per heavy atom. The molecule has 44 heavy (non-hydrogen) atoms. The summed E-state index contributed by atoms with van der Waals surface area (Å²) in [4.78, 5) is 0. The molecule has 1 aromatic carbocycles. The normalized spacial score (nSPS) is 13.1. The van der Waals surface area contributed by atoms with Gasteiger partial charge in [0.15, 0.2) is 0 Å². The maximum Gasteiger partial charge on any atom is 0.385 e. The lowest BCUT2D eigenvalue weighted by atomic mass is 9.95. The van der Waals surface area contributed by atoms with Crippen molar-refractivity contribution in [3.63, 3.8) is 0 Å². The molecule has 0 unspecified atom stereocenters. The molecule has 0 saturated carbocycles. The van der Waals surface area contributed by atoms with Crippen LogP contribution in [0.15, 0.2) is 12.1 Å². The molecule has 1 aromatic rings. The largest absolute Gasteiger partial charge is 0.385 e. The van der Waals surface area contributed by atoms with Crippen LogP contribution in [0, 0.1) is 6.92 Å². The van der Waals surface area contributed by atoms with Gasteiger partial charge in [0.25, 0.3) is 0 Å². The van der Waals surface area contributed by atoms with Gasteiger partial charge in [0, 0.05) is 32.5 Å². The van der Waals surface area contributed by atoms with Crippen LogP contribution in [0.1, 0.15) is 164 Å². The molecule has 0 fully saturated rings. The molecule has 1 rings (SSSR count). The first-order valence-electron chi connectivity index (χ1n) is 16.4. The number of rotatable bonds is 26. The number of alkyl halides is 4. The highest BCUT2D eigenvalue weighted by molar-refractivity contribution is 8.14. The predicted octanol–water partition coefficient (Wildman–Crippen LogP) is 12.0. The van der Waals surface area contributed by atoms with E-state index >= 15 is 0 Å². The number of benzene rings is 1. The van der Waals surface area contributed by atoms with Gasteiger partial charge in [0.1, 0.15) is 0 Å². The quantitative estimate of drug-likeness (QED) is 0.0545. The van der Waals surface area contributed by atoms with Crippen LogP contribution in [0.2, 0.25) is 0 Å². The van der Waals surface area contributed by atoms with Gasteiger partial charge in [-0.15, -0.1) is 0 Å². The third-order valence-corrected chi connectivity index (χ3v) is 11.1. The van der Waals surface area contributed by atoms with Crippen LogP contribution in [0.5, 0.6) is 0 Å². The highest BCUT2D eigenvalue weighted by Gasteiger charge is 2.52. The van der Waals surface area contributed by atoms with Crippen molar-refractivity contribution in [3.8, 4) is 0 Å². The van der Waals surface area contributed by atoms with Gasteiger partial charge in [-0.1, -0.05) is 135 Å². The van der Waals surface area contributed by atoms with E-state index in [1.165, 1.54) is 96.3 Å². The number of hydrogen-bond donors (Lipinski definition) is 0. The van der Waals surface area contributed by atoms with E-state index in [2.05, 4.69) is 6.92 Å². The molecule has 4 nitrogen and oxygen atoms in total. The topological polar surface area (TPSA) is 68.3 Å². The van der Waals surface area contributed by atoms with E-state index in [1.807, 2.05) is 0 Å². The van der Waals surface area contributed by atoms with Gasteiger partial charge in [-0.3, -0.25) is 0 Å². The molecule has 0 heterocycles. The van der Waals surface area contributed by atoms with Gasteiger partial charge >= 0.3 is 28.6 Å². The standard InChI is InChI=1S/C32H52Cl2F4O4S2/c1-3-4-5-6-7-8-9-10-11-12-13-14-15-16-17-18-19-20-21-22-23-24-28-25-29(31(35,36)43(33,39)40)27(2)30(26-28)32(37,38)44(34,41)42/h25-26H,3-24H2,1-2H3. The second-order valence-corrected chi connectivity index (χ2v) is 17.3. The minimum atomic E-state index is -5.54. The molecular weight excluding hydrogens is 659 g/mol. The van der Waals surface area contributed by atoms with Crippen molar-refractivity contribution in [3.05, 3.63) is 34.4 Å². The maximum atomic E-state index is 14.6. The van der Waals surface area contributed by atoms with Crippen LogP contribution in [0.25, 0.3) is 0 Å². The Kier molecular flexibility index (Phi) is 19.4. The molecule has 0 bridgehead atoms. The molecule has 0 aromatic heterocycles. The monoisotopic (exact) mass is 710 g/mol. The molecule has 0 amide bonds. The van der Waals surface area contributed by atoms with Gasteiger partial charge in [-0.2, -0.15) is 17.6 Å². The zero-order valence-corrected chi connectivity index (χ0v) is 29.6. The number of halogens is 6. The van der Waals surface area contributed by atoms with Crippen molar-refractivity contribution < 1.29 is 34.4 Å². The van der Waals surface area contributed by atoms with Crippen molar-refractivity contribution in [2.45, 2.75) is 166 Å². The van der Waals surface area contributed by atoms with E-state index < -0.39 is 45.3 Å². The van der Waals surface area contributed by atoms with Crippen LogP contribution < -0.4 is 0 Å². The first kappa shape index (κ1) is 41.4. The predicted molar refractivity (Wildman–Crippen MR) is 175 cm³/mol. The molecular formula is C32H52Cl2F4O4S2. The Bertz CT molecular complexity index is 1110. The van der Waals surface area contributed by atoms with Gasteiger partial charge < -0.3 is 0 Å². The fourth-order valence-electron chi connectivity index (χ4n) is 5.55. The zero-order valence-electron chi connectivity index (χ0n) is 26.4. The highest BCUT2D eigenvalue weighted by Crippen LogP contribution is 2.45. The van der Waals surface area contributed by atoms with Crippen LogP contribution in [-0.4, -0.2) is 16.8 Å². The van der Waals surface area contributed by atoms with E-state index in [4.69, 9.17) is 21.4 Å². The number of unbranched alkanes of at least 4 members (excludes halogenated alkanes) is 20. The van der Waals surface area contributed by atoms with Gasteiger partial charge in [0.05, 0.1) is 0 Å². The molecule has 0 N–H and O–H groups in total. The Morgan fingerprint density at radius 2 is 0.773 bits per heavy atom. The molecule has 0 radical (unpaired) electrons. The lowest BCUT2D eigenvalue weighted by molar-refractivity contribution is 0.0846. The summed E-state index contributed by atoms with van der Waals surface area (Å²) in [6, 6.07) is 1.60. The first-order chi connectivity index (χ1) is 20.6. The second kappa shape index (κ2) is 20.6. The van der Waals surface area contributed by atoms with Gasteiger partial charge in [0.2, 0.25) is 0 Å². The second-order valence-electron chi connectivity index (χ2n) is 12.0.